The molecule has 2 N–H and O–H groups in total. The van der Waals surface area contributed by atoms with Crippen molar-refractivity contribution in [2.75, 3.05) is 19.7 Å². The molecular formula is C7H12FNO3. The number of carbonyl (C=O) groups is 1. The Morgan fingerprint density at radius 2 is 2.33 bits per heavy atom. The highest BCUT2D eigenvalue weighted by atomic mass is 19.1. The van der Waals surface area contributed by atoms with E-state index in [9.17, 15) is 9.18 Å². The van der Waals surface area contributed by atoms with Gasteiger partial charge >= 0.3 is 0 Å². The zero-order chi connectivity index (χ0) is 9.14. The molecule has 1 rings (SSSR count). The number of nitrogens with zero attached hydrogens (tertiary/aromatic N) is 1. The lowest BCUT2D eigenvalue weighted by atomic mass is 10.1. The minimum absolute atomic E-state index is 0.111. The fourth-order valence-electron chi connectivity index (χ4n) is 1.22. The third-order valence-corrected chi connectivity index (χ3v) is 2.00. The van der Waals surface area contributed by atoms with Gasteiger partial charge in [0, 0.05) is 6.54 Å². The first-order chi connectivity index (χ1) is 5.65. The normalized spacial score (nSPS) is 30.4. The second-order valence-electron chi connectivity index (χ2n) is 2.87. The van der Waals surface area contributed by atoms with Gasteiger partial charge in [0.05, 0.1) is 12.6 Å². The van der Waals surface area contributed by atoms with Crippen molar-refractivity contribution >= 4 is 5.91 Å². The van der Waals surface area contributed by atoms with Crippen molar-refractivity contribution < 1.29 is 19.4 Å². The summed E-state index contributed by atoms with van der Waals surface area (Å²) in [6.45, 7) is -0.385. The Morgan fingerprint density at radius 1 is 1.67 bits per heavy atom. The van der Waals surface area contributed by atoms with Crippen LogP contribution in [0.1, 0.15) is 6.42 Å². The van der Waals surface area contributed by atoms with Crippen molar-refractivity contribution in [3.63, 3.8) is 0 Å². The SMILES string of the molecule is O=C(CO)N1CC[C@H](O)[C@H](F)C1. The molecule has 0 spiro atoms. The highest BCUT2D eigenvalue weighted by molar-refractivity contribution is 5.77. The molecule has 5 heteroatoms. The topological polar surface area (TPSA) is 60.8 Å². The van der Waals surface area contributed by atoms with Crippen LogP contribution in [0.2, 0.25) is 0 Å². The van der Waals surface area contributed by atoms with Crippen molar-refractivity contribution in [2.45, 2.75) is 18.7 Å². The molecule has 1 amide bonds. The molecule has 2 atom stereocenters. The lowest BCUT2D eigenvalue weighted by Crippen LogP contribution is -2.48. The fourth-order valence-corrected chi connectivity index (χ4v) is 1.22. The fraction of sp³-hybridized carbons (Fsp3) is 0.857. The Kier molecular flexibility index (Phi) is 2.99. The lowest BCUT2D eigenvalue weighted by molar-refractivity contribution is -0.138. The molecule has 1 heterocycles. The number of alkyl halides is 1. The molecule has 0 unspecified atom stereocenters. The van der Waals surface area contributed by atoms with E-state index in [0.29, 0.717) is 6.54 Å². The molecule has 0 aromatic rings. The summed E-state index contributed by atoms with van der Waals surface area (Å²) in [5.41, 5.74) is 0. The number of rotatable bonds is 1. The van der Waals surface area contributed by atoms with E-state index in [4.69, 9.17) is 10.2 Å². The van der Waals surface area contributed by atoms with Crippen LogP contribution >= 0.6 is 0 Å². The summed E-state index contributed by atoms with van der Waals surface area (Å²) in [6, 6.07) is 0. The van der Waals surface area contributed by atoms with Crippen molar-refractivity contribution in [2.24, 2.45) is 0 Å². The van der Waals surface area contributed by atoms with Gasteiger partial charge in [-0.05, 0) is 6.42 Å². The smallest absolute Gasteiger partial charge is 0.248 e. The van der Waals surface area contributed by atoms with Gasteiger partial charge in [-0.25, -0.2) is 4.39 Å². The average molecular weight is 177 g/mol. The van der Waals surface area contributed by atoms with Crippen LogP contribution in [-0.2, 0) is 4.79 Å². The molecule has 1 aliphatic rings. The maximum atomic E-state index is 12.8. The summed E-state index contributed by atoms with van der Waals surface area (Å²) in [5.74, 6) is -0.482. The van der Waals surface area contributed by atoms with Crippen molar-refractivity contribution in [1.82, 2.24) is 4.90 Å². The maximum absolute atomic E-state index is 12.8. The number of hydrogen-bond donors (Lipinski definition) is 2. The Labute approximate surface area is 69.6 Å². The van der Waals surface area contributed by atoms with Gasteiger partial charge in [-0.2, -0.15) is 0 Å². The summed E-state index contributed by atoms with van der Waals surface area (Å²) >= 11 is 0. The van der Waals surface area contributed by atoms with E-state index < -0.39 is 24.8 Å². The molecule has 4 nitrogen and oxygen atoms in total. The molecule has 0 aromatic heterocycles. The molecule has 0 aliphatic carbocycles. The van der Waals surface area contributed by atoms with E-state index in [2.05, 4.69) is 0 Å². The number of amides is 1. The summed E-state index contributed by atoms with van der Waals surface area (Å²) in [4.78, 5) is 12.1. The minimum Gasteiger partial charge on any atom is -0.390 e. The maximum Gasteiger partial charge on any atom is 0.248 e. The van der Waals surface area contributed by atoms with Crippen LogP contribution in [0.4, 0.5) is 4.39 Å². The molecule has 0 bridgehead atoms. The first kappa shape index (κ1) is 9.41. The van der Waals surface area contributed by atoms with E-state index in [1.807, 2.05) is 0 Å². The second-order valence-corrected chi connectivity index (χ2v) is 2.87. The highest BCUT2D eigenvalue weighted by Crippen LogP contribution is 2.13. The third kappa shape index (κ3) is 1.92. The lowest BCUT2D eigenvalue weighted by Gasteiger charge is -2.31. The highest BCUT2D eigenvalue weighted by Gasteiger charge is 2.29. The first-order valence-electron chi connectivity index (χ1n) is 3.86. The standard InChI is InChI=1S/C7H12FNO3/c8-5-3-9(7(12)4-10)2-1-6(5)11/h5-6,10-11H,1-4H2/t5-,6+/m1/s1. The van der Waals surface area contributed by atoms with Gasteiger partial charge in [0.2, 0.25) is 5.91 Å². The van der Waals surface area contributed by atoms with Gasteiger partial charge in [0.15, 0.2) is 0 Å². The minimum atomic E-state index is -1.38. The molecule has 1 saturated heterocycles. The third-order valence-electron chi connectivity index (χ3n) is 2.00. The van der Waals surface area contributed by atoms with Gasteiger partial charge in [-0.15, -0.1) is 0 Å². The van der Waals surface area contributed by atoms with Crippen molar-refractivity contribution in [3.05, 3.63) is 0 Å². The van der Waals surface area contributed by atoms with Crippen LogP contribution in [0, 0.1) is 0 Å². The van der Waals surface area contributed by atoms with Gasteiger partial charge in [0.1, 0.15) is 12.8 Å². The molecule has 1 fully saturated rings. The van der Waals surface area contributed by atoms with Gasteiger partial charge < -0.3 is 15.1 Å². The van der Waals surface area contributed by atoms with E-state index in [-0.39, 0.29) is 13.0 Å². The van der Waals surface area contributed by atoms with Crippen LogP contribution < -0.4 is 0 Å². The first-order valence-corrected chi connectivity index (χ1v) is 3.86. The molecule has 0 saturated carbocycles. The predicted molar refractivity (Wildman–Crippen MR) is 39.2 cm³/mol. The largest absolute Gasteiger partial charge is 0.390 e. The Hall–Kier alpha value is -0.680. The molecular weight excluding hydrogens is 165 g/mol. The summed E-state index contributed by atoms with van der Waals surface area (Å²) in [5, 5.41) is 17.4. The molecule has 70 valence electrons. The monoisotopic (exact) mass is 177 g/mol. The van der Waals surface area contributed by atoms with Crippen molar-refractivity contribution in [3.8, 4) is 0 Å². The van der Waals surface area contributed by atoms with E-state index in [0.717, 1.165) is 0 Å². The van der Waals surface area contributed by atoms with Gasteiger partial charge in [-0.3, -0.25) is 4.79 Å². The number of hydrogen-bond acceptors (Lipinski definition) is 3. The molecule has 0 aromatic carbocycles. The summed E-state index contributed by atoms with van der Waals surface area (Å²) in [7, 11) is 0. The number of halogens is 1. The molecule has 0 radical (unpaired) electrons. The second kappa shape index (κ2) is 3.82. The zero-order valence-corrected chi connectivity index (χ0v) is 6.61. The van der Waals surface area contributed by atoms with E-state index in [1.54, 1.807) is 0 Å². The van der Waals surface area contributed by atoms with Crippen LogP contribution in [0.5, 0.6) is 0 Å². The molecule has 1 aliphatic heterocycles. The number of carbonyl (C=O) groups excluding carboxylic acids is 1. The van der Waals surface area contributed by atoms with Crippen LogP contribution in [-0.4, -0.2) is 53.0 Å². The van der Waals surface area contributed by atoms with Gasteiger partial charge in [-0.1, -0.05) is 0 Å². The number of piperidine rings is 1. The predicted octanol–water partition coefficient (Wildman–Crippen LogP) is -1.09. The van der Waals surface area contributed by atoms with Crippen LogP contribution in [0.15, 0.2) is 0 Å². The zero-order valence-electron chi connectivity index (χ0n) is 6.61. The quantitative estimate of drug-likeness (QED) is 0.535. The van der Waals surface area contributed by atoms with Crippen LogP contribution in [0.3, 0.4) is 0 Å². The van der Waals surface area contributed by atoms with E-state index >= 15 is 0 Å². The summed E-state index contributed by atoms with van der Waals surface area (Å²) < 4.78 is 12.8. The number of aliphatic hydroxyl groups excluding tert-OH is 2. The summed E-state index contributed by atoms with van der Waals surface area (Å²) in [6.07, 6.45) is -2.10. The number of aliphatic hydroxyl groups is 2. The van der Waals surface area contributed by atoms with Gasteiger partial charge in [0.25, 0.3) is 0 Å². The van der Waals surface area contributed by atoms with Crippen molar-refractivity contribution in [1.29, 1.82) is 0 Å². The molecule has 12 heavy (non-hydrogen) atoms. The Morgan fingerprint density at radius 3 is 2.83 bits per heavy atom. The average Bonchev–Trinajstić information content (AvgIpc) is 2.08. The van der Waals surface area contributed by atoms with E-state index in [1.165, 1.54) is 4.90 Å². The van der Waals surface area contributed by atoms with Crippen LogP contribution in [0.25, 0.3) is 0 Å². The number of likely N-dealkylation sites (tertiary alicyclic amines) is 1. The Balaban J connectivity index is 2.45. The Bertz CT molecular complexity index is 176.